The molecule has 0 saturated carbocycles. The Morgan fingerprint density at radius 1 is 1.15 bits per heavy atom. The topological polar surface area (TPSA) is 132 Å². The van der Waals surface area contributed by atoms with Crippen LogP contribution in [0.3, 0.4) is 0 Å². The molecule has 3 heterocycles. The first kappa shape index (κ1) is 26.1. The number of nitrogens with zero attached hydrogens (tertiary/aromatic N) is 6. The highest BCUT2D eigenvalue weighted by atomic mass is 16.5. The third kappa shape index (κ3) is 5.54. The summed E-state index contributed by atoms with van der Waals surface area (Å²) in [6.07, 6.45) is 5.28. The molecule has 202 valence electrons. The number of benzene rings is 2. The normalized spacial score (nSPS) is 15.6. The molecule has 0 unspecified atom stereocenters. The molecule has 4 aromatic rings. The van der Waals surface area contributed by atoms with E-state index < -0.39 is 0 Å². The van der Waals surface area contributed by atoms with Gasteiger partial charge in [-0.1, -0.05) is 24.3 Å². The summed E-state index contributed by atoms with van der Waals surface area (Å²) < 4.78 is 9.02. The molecule has 11 nitrogen and oxygen atoms in total. The molecule has 11 heteroatoms. The van der Waals surface area contributed by atoms with Crippen LogP contribution in [0.5, 0.6) is 11.5 Å². The number of likely N-dealkylation sites (N-methyl/N-ethyl adjacent to an activating group) is 1. The fourth-order valence-electron chi connectivity index (χ4n) is 4.78. The third-order valence-corrected chi connectivity index (χ3v) is 6.75. The van der Waals surface area contributed by atoms with Gasteiger partial charge in [-0.05, 0) is 49.9 Å². The molecule has 1 aliphatic rings. The van der Waals surface area contributed by atoms with Gasteiger partial charge in [0.05, 0.1) is 18.3 Å². The van der Waals surface area contributed by atoms with E-state index in [1.807, 2.05) is 42.3 Å². The van der Waals surface area contributed by atoms with Crippen LogP contribution in [-0.4, -0.2) is 79.7 Å². The van der Waals surface area contributed by atoms with Crippen molar-refractivity contribution in [2.45, 2.75) is 12.5 Å². The van der Waals surface area contributed by atoms with E-state index in [-0.39, 0.29) is 30.1 Å². The highest BCUT2D eigenvalue weighted by molar-refractivity contribution is 5.88. The highest BCUT2D eigenvalue weighted by Gasteiger charge is 2.31. The number of fused-ring (bicyclic) bond motifs is 1. The van der Waals surface area contributed by atoms with Gasteiger partial charge in [-0.2, -0.15) is 0 Å². The summed E-state index contributed by atoms with van der Waals surface area (Å²) >= 11 is 0. The van der Waals surface area contributed by atoms with Gasteiger partial charge in [-0.15, -0.1) is 0 Å². The molecule has 1 saturated heterocycles. The average Bonchev–Trinajstić information content (AvgIpc) is 3.53. The molecule has 3 N–H and O–H groups in total. The van der Waals surface area contributed by atoms with Crippen molar-refractivity contribution in [2.24, 2.45) is 0 Å². The molecular formula is C28H31N7O4. The number of carbonyl (C=O) groups is 1. The summed E-state index contributed by atoms with van der Waals surface area (Å²) in [6.45, 7) is 2.05. The van der Waals surface area contributed by atoms with Crippen molar-refractivity contribution in [3.05, 3.63) is 83.6 Å². The summed E-state index contributed by atoms with van der Waals surface area (Å²) in [6, 6.07) is 16.3. The van der Waals surface area contributed by atoms with Crippen molar-refractivity contribution in [1.29, 1.82) is 0 Å². The van der Waals surface area contributed by atoms with Crippen molar-refractivity contribution in [3.63, 3.8) is 0 Å². The molecule has 5 rings (SSSR count). The fourth-order valence-corrected chi connectivity index (χ4v) is 4.78. The van der Waals surface area contributed by atoms with E-state index >= 15 is 0 Å². The van der Waals surface area contributed by atoms with E-state index in [9.17, 15) is 9.59 Å². The second kappa shape index (κ2) is 11.5. The quantitative estimate of drug-likeness (QED) is 0.316. The van der Waals surface area contributed by atoms with Crippen LogP contribution in [-0.2, 0) is 4.79 Å². The lowest BCUT2D eigenvalue weighted by atomic mass is 10.2. The van der Waals surface area contributed by atoms with E-state index in [0.29, 0.717) is 61.0 Å². The molecule has 1 atom stereocenters. The number of aliphatic hydroxyl groups is 1. The van der Waals surface area contributed by atoms with Gasteiger partial charge in [0, 0.05) is 32.3 Å². The molecule has 2 aromatic heterocycles. The summed E-state index contributed by atoms with van der Waals surface area (Å²) in [5.74, 6) is 1.42. The number of hydrogen-bond donors (Lipinski definition) is 2. The predicted octanol–water partition coefficient (Wildman–Crippen LogP) is 2.21. The summed E-state index contributed by atoms with van der Waals surface area (Å²) in [7, 11) is 1.87. The van der Waals surface area contributed by atoms with Crippen LogP contribution in [0.2, 0.25) is 0 Å². The average molecular weight is 530 g/mol. The summed E-state index contributed by atoms with van der Waals surface area (Å²) in [4.78, 5) is 38.8. The molecule has 0 bridgehead atoms. The van der Waals surface area contributed by atoms with Crippen LogP contribution < -0.4 is 16.2 Å². The number of likely N-dealkylation sites (tertiary alicyclic amines) is 1. The minimum absolute atomic E-state index is 0.0636. The third-order valence-electron chi connectivity index (χ3n) is 6.75. The van der Waals surface area contributed by atoms with E-state index in [1.165, 1.54) is 10.9 Å². The van der Waals surface area contributed by atoms with Crippen molar-refractivity contribution in [3.8, 4) is 17.2 Å². The number of nitrogen functional groups attached to an aromatic ring is 1. The van der Waals surface area contributed by atoms with Crippen LogP contribution in [0.25, 0.3) is 16.9 Å². The van der Waals surface area contributed by atoms with E-state index in [0.717, 1.165) is 0 Å². The smallest absolute Gasteiger partial charge is 0.335 e. The largest absolute Gasteiger partial charge is 0.457 e. The lowest BCUT2D eigenvalue weighted by Crippen LogP contribution is -2.31. The Labute approximate surface area is 225 Å². The number of nitrogens with two attached hydrogens (primary N) is 1. The lowest BCUT2D eigenvalue weighted by molar-refractivity contribution is -0.125. The number of anilines is 1. The van der Waals surface area contributed by atoms with Crippen molar-refractivity contribution < 1.29 is 14.6 Å². The van der Waals surface area contributed by atoms with Crippen LogP contribution in [0, 0.1) is 0 Å². The Kier molecular flexibility index (Phi) is 7.71. The van der Waals surface area contributed by atoms with Gasteiger partial charge in [-0.25, -0.2) is 14.8 Å². The van der Waals surface area contributed by atoms with E-state index in [4.69, 9.17) is 15.6 Å². The van der Waals surface area contributed by atoms with Gasteiger partial charge in [-0.3, -0.25) is 13.9 Å². The van der Waals surface area contributed by atoms with E-state index in [1.54, 1.807) is 45.9 Å². The number of imidazole rings is 1. The first-order chi connectivity index (χ1) is 19.0. The van der Waals surface area contributed by atoms with Gasteiger partial charge in [0.25, 0.3) is 0 Å². The minimum Gasteiger partial charge on any atom is -0.457 e. The monoisotopic (exact) mass is 529 g/mol. The van der Waals surface area contributed by atoms with Gasteiger partial charge in [0.2, 0.25) is 5.91 Å². The number of carbonyl (C=O) groups excluding carboxylic acids is 1. The van der Waals surface area contributed by atoms with Gasteiger partial charge in [0.1, 0.15) is 23.3 Å². The number of para-hydroxylation sites is 1. The molecule has 1 aliphatic heterocycles. The standard InChI is InChI=1S/C28H31N7O4/c1-32(16-17-36)14-5-8-24(37)33-15-13-21(18-33)35-27-25(26(29)30-19-31-27)34(28(35)38)20-9-11-23(12-10-20)39-22-6-3-2-4-7-22/h2-12,19,21,36H,13-18H2,1H3,(H2,29,30,31)/t21-/m1/s1. The first-order valence-corrected chi connectivity index (χ1v) is 12.8. The Hall–Kier alpha value is -4.48. The van der Waals surface area contributed by atoms with E-state index in [2.05, 4.69) is 9.97 Å². The zero-order valence-electron chi connectivity index (χ0n) is 21.7. The van der Waals surface area contributed by atoms with Crippen LogP contribution in [0.15, 0.2) is 77.9 Å². The first-order valence-electron chi connectivity index (χ1n) is 12.8. The zero-order chi connectivity index (χ0) is 27.4. The minimum atomic E-state index is -0.297. The number of ether oxygens (including phenoxy) is 1. The van der Waals surface area contributed by atoms with Gasteiger partial charge >= 0.3 is 5.69 Å². The van der Waals surface area contributed by atoms with Crippen LogP contribution in [0.1, 0.15) is 12.5 Å². The Morgan fingerprint density at radius 3 is 2.64 bits per heavy atom. The maximum absolute atomic E-state index is 13.8. The van der Waals surface area contributed by atoms with Crippen molar-refractivity contribution in [2.75, 3.05) is 45.6 Å². The van der Waals surface area contributed by atoms with Crippen molar-refractivity contribution >= 4 is 22.9 Å². The number of aromatic nitrogens is 4. The molecule has 0 aliphatic carbocycles. The Balaban J connectivity index is 1.40. The predicted molar refractivity (Wildman–Crippen MR) is 148 cm³/mol. The van der Waals surface area contributed by atoms with Crippen LogP contribution >= 0.6 is 0 Å². The Bertz CT molecular complexity index is 1530. The molecule has 1 amide bonds. The second-order valence-corrected chi connectivity index (χ2v) is 9.44. The number of rotatable bonds is 9. The zero-order valence-corrected chi connectivity index (χ0v) is 21.7. The number of aliphatic hydroxyl groups excluding tert-OH is 1. The molecule has 0 radical (unpaired) electrons. The molecule has 0 spiro atoms. The SMILES string of the molecule is CN(CC=CC(=O)N1CC[C@@H](n2c(=O)n(-c3ccc(Oc4ccccc4)cc3)c3c(N)ncnc32)C1)CCO. The maximum atomic E-state index is 13.8. The molecule has 39 heavy (non-hydrogen) atoms. The molecular weight excluding hydrogens is 498 g/mol. The second-order valence-electron chi connectivity index (χ2n) is 9.44. The van der Waals surface area contributed by atoms with Crippen LogP contribution in [0.4, 0.5) is 5.82 Å². The Morgan fingerprint density at radius 2 is 1.90 bits per heavy atom. The van der Waals surface area contributed by atoms with Crippen molar-refractivity contribution in [1.82, 2.24) is 28.9 Å². The van der Waals surface area contributed by atoms with Gasteiger partial charge < -0.3 is 25.4 Å². The summed E-state index contributed by atoms with van der Waals surface area (Å²) in [5.41, 5.74) is 7.40. The highest BCUT2D eigenvalue weighted by Crippen LogP contribution is 2.28. The maximum Gasteiger partial charge on any atom is 0.335 e. The lowest BCUT2D eigenvalue weighted by Gasteiger charge is -2.16. The number of amides is 1. The fraction of sp³-hybridized carbons (Fsp3) is 0.286. The molecule has 2 aromatic carbocycles. The van der Waals surface area contributed by atoms with Gasteiger partial charge in [0.15, 0.2) is 11.5 Å². The summed E-state index contributed by atoms with van der Waals surface area (Å²) in [5, 5.41) is 9.02. The molecule has 1 fully saturated rings. The number of hydrogen-bond acceptors (Lipinski definition) is 8.